The second kappa shape index (κ2) is 6.42. The van der Waals surface area contributed by atoms with Crippen molar-refractivity contribution in [1.82, 2.24) is 10.2 Å². The predicted molar refractivity (Wildman–Crippen MR) is 90.4 cm³/mol. The van der Waals surface area contributed by atoms with E-state index in [0.29, 0.717) is 0 Å². The minimum atomic E-state index is -0.554. The molecule has 23 heavy (non-hydrogen) atoms. The van der Waals surface area contributed by atoms with Crippen LogP contribution in [0.2, 0.25) is 0 Å². The maximum atomic E-state index is 12.9. The Morgan fingerprint density at radius 1 is 1.04 bits per heavy atom. The van der Waals surface area contributed by atoms with Gasteiger partial charge in [-0.2, -0.15) is 0 Å². The predicted octanol–water partition coefficient (Wildman–Crippen LogP) is 3.12. The number of ether oxygens (including phenoxy) is 1. The van der Waals surface area contributed by atoms with Crippen molar-refractivity contribution in [2.45, 2.75) is 91.0 Å². The third-order valence-corrected chi connectivity index (χ3v) is 4.72. The molecule has 2 saturated heterocycles. The average Bonchev–Trinajstić information content (AvgIpc) is 3.04. The van der Waals surface area contributed by atoms with Gasteiger partial charge in [-0.05, 0) is 58.4 Å². The van der Waals surface area contributed by atoms with Gasteiger partial charge in [0.2, 0.25) is 0 Å². The Kier molecular flexibility index (Phi) is 5.09. The van der Waals surface area contributed by atoms with Crippen LogP contribution in [-0.4, -0.2) is 47.0 Å². The van der Waals surface area contributed by atoms with Gasteiger partial charge in [-0.15, -0.1) is 0 Å². The van der Waals surface area contributed by atoms with Gasteiger partial charge in [0.1, 0.15) is 5.60 Å². The molecular formula is C18H32N2O3. The molecule has 1 amide bonds. The van der Waals surface area contributed by atoms with Crippen molar-refractivity contribution < 1.29 is 14.3 Å². The molecule has 0 aromatic carbocycles. The first-order valence-corrected chi connectivity index (χ1v) is 8.79. The van der Waals surface area contributed by atoms with Gasteiger partial charge in [-0.3, -0.25) is 9.69 Å². The zero-order valence-corrected chi connectivity index (χ0v) is 15.4. The molecule has 1 unspecified atom stereocenters. The Labute approximate surface area is 140 Å². The number of hydrogen-bond acceptors (Lipinski definition) is 4. The van der Waals surface area contributed by atoms with Gasteiger partial charge >= 0.3 is 6.09 Å². The van der Waals surface area contributed by atoms with E-state index in [4.69, 9.17) is 4.74 Å². The molecule has 0 bridgehead atoms. The molecule has 2 aliphatic heterocycles. The number of nitrogens with one attached hydrogen (secondary N) is 1. The van der Waals surface area contributed by atoms with Gasteiger partial charge in [0.05, 0.1) is 12.1 Å². The second-order valence-electron chi connectivity index (χ2n) is 8.91. The van der Waals surface area contributed by atoms with Crippen LogP contribution in [0.15, 0.2) is 0 Å². The third kappa shape index (κ3) is 4.25. The zero-order chi connectivity index (χ0) is 17.4. The van der Waals surface area contributed by atoms with Crippen LogP contribution >= 0.6 is 0 Å². The monoisotopic (exact) mass is 324 g/mol. The lowest BCUT2D eigenvalue weighted by atomic mass is 9.85. The van der Waals surface area contributed by atoms with E-state index >= 15 is 0 Å². The smallest absolute Gasteiger partial charge is 0.411 e. The Hall–Kier alpha value is -1.10. The molecule has 2 rings (SSSR count). The van der Waals surface area contributed by atoms with E-state index in [1.54, 1.807) is 4.90 Å². The molecule has 0 aliphatic carbocycles. The van der Waals surface area contributed by atoms with Gasteiger partial charge in [0.25, 0.3) is 0 Å². The summed E-state index contributed by atoms with van der Waals surface area (Å²) in [7, 11) is 0. The Balaban J connectivity index is 2.22. The molecule has 0 aromatic rings. The number of Topliss-reactive ketones (excluding diaryl/α,β-unsaturated/α-hetero) is 1. The van der Waals surface area contributed by atoms with Crippen molar-refractivity contribution >= 4 is 11.9 Å². The van der Waals surface area contributed by atoms with E-state index < -0.39 is 5.60 Å². The van der Waals surface area contributed by atoms with Crippen LogP contribution in [0.3, 0.4) is 0 Å². The minimum Gasteiger partial charge on any atom is -0.444 e. The molecular weight excluding hydrogens is 292 g/mol. The Morgan fingerprint density at radius 3 is 2.17 bits per heavy atom. The lowest BCUT2D eigenvalue weighted by Gasteiger charge is -2.38. The minimum absolute atomic E-state index is 0.0349. The van der Waals surface area contributed by atoms with Gasteiger partial charge < -0.3 is 10.1 Å². The molecule has 0 saturated carbocycles. The van der Waals surface area contributed by atoms with E-state index in [9.17, 15) is 9.59 Å². The summed E-state index contributed by atoms with van der Waals surface area (Å²) < 4.78 is 5.60. The topological polar surface area (TPSA) is 58.6 Å². The largest absolute Gasteiger partial charge is 0.444 e. The van der Waals surface area contributed by atoms with Crippen LogP contribution in [0.5, 0.6) is 0 Å². The summed E-state index contributed by atoms with van der Waals surface area (Å²) in [6.45, 7) is 12.8. The fraction of sp³-hybridized carbons (Fsp3) is 0.889. The lowest BCUT2D eigenvalue weighted by molar-refractivity contribution is -0.126. The maximum Gasteiger partial charge on any atom is 0.411 e. The number of likely N-dealkylation sites (tertiary alicyclic amines) is 1. The van der Waals surface area contributed by atoms with Gasteiger partial charge in [-0.1, -0.05) is 20.8 Å². The fourth-order valence-electron chi connectivity index (χ4n) is 3.67. The maximum absolute atomic E-state index is 12.9. The summed E-state index contributed by atoms with van der Waals surface area (Å²) in [5.41, 5.74) is -0.629. The van der Waals surface area contributed by atoms with Crippen molar-refractivity contribution in [3.63, 3.8) is 0 Å². The fourth-order valence-corrected chi connectivity index (χ4v) is 3.67. The van der Waals surface area contributed by atoms with Crippen LogP contribution in [-0.2, 0) is 9.53 Å². The number of rotatable bonds is 2. The molecule has 2 aliphatic rings. The molecule has 3 atom stereocenters. The molecule has 2 fully saturated rings. The molecule has 0 radical (unpaired) electrons. The number of nitrogens with zero attached hydrogens (tertiary/aromatic N) is 1. The number of ketones is 1. The first kappa shape index (κ1) is 18.2. The molecule has 1 N–H and O–H groups in total. The molecule has 0 spiro atoms. The summed E-state index contributed by atoms with van der Waals surface area (Å²) in [5.74, 6) is 0.153. The van der Waals surface area contributed by atoms with Gasteiger partial charge in [0.15, 0.2) is 5.78 Å². The molecule has 132 valence electrons. The zero-order valence-electron chi connectivity index (χ0n) is 15.4. The molecule has 5 nitrogen and oxygen atoms in total. The van der Waals surface area contributed by atoms with Crippen LogP contribution < -0.4 is 5.32 Å². The van der Waals surface area contributed by atoms with Crippen molar-refractivity contribution in [3.8, 4) is 0 Å². The van der Waals surface area contributed by atoms with E-state index in [2.05, 4.69) is 26.1 Å². The third-order valence-electron chi connectivity index (χ3n) is 4.72. The summed E-state index contributed by atoms with van der Waals surface area (Å²) in [6, 6.07) is -0.430. The van der Waals surface area contributed by atoms with Crippen LogP contribution in [0.4, 0.5) is 4.79 Å². The first-order valence-electron chi connectivity index (χ1n) is 8.79. The highest BCUT2D eigenvalue weighted by Gasteiger charge is 2.48. The van der Waals surface area contributed by atoms with Crippen molar-refractivity contribution in [3.05, 3.63) is 0 Å². The summed E-state index contributed by atoms with van der Waals surface area (Å²) in [5, 5.41) is 3.27. The molecule has 5 heteroatoms. The molecule has 2 heterocycles. The summed E-state index contributed by atoms with van der Waals surface area (Å²) >= 11 is 0. The highest BCUT2D eigenvalue weighted by molar-refractivity contribution is 5.92. The summed E-state index contributed by atoms with van der Waals surface area (Å²) in [6.07, 6.45) is 3.13. The Morgan fingerprint density at radius 2 is 1.70 bits per heavy atom. The van der Waals surface area contributed by atoms with Gasteiger partial charge in [0, 0.05) is 6.04 Å². The first-order chi connectivity index (χ1) is 10.5. The highest BCUT2D eigenvalue weighted by Crippen LogP contribution is 2.38. The Bertz CT molecular complexity index is 456. The average molecular weight is 324 g/mol. The van der Waals surface area contributed by atoms with E-state index in [1.165, 1.54) is 0 Å². The van der Waals surface area contributed by atoms with Crippen LogP contribution in [0, 0.1) is 5.41 Å². The number of amides is 1. The summed E-state index contributed by atoms with van der Waals surface area (Å²) in [4.78, 5) is 27.4. The van der Waals surface area contributed by atoms with Crippen LogP contribution in [0.1, 0.15) is 67.2 Å². The van der Waals surface area contributed by atoms with E-state index in [1.807, 2.05) is 20.8 Å². The SMILES string of the molecule is CC(C)(C)OC(=O)N1C(C(C)(C)C)CC[C@H]1C(=O)[C@@H]1CCCN1. The van der Waals surface area contributed by atoms with Crippen molar-refractivity contribution in [2.24, 2.45) is 5.41 Å². The van der Waals surface area contributed by atoms with Gasteiger partial charge in [-0.25, -0.2) is 4.79 Å². The number of hydrogen-bond donors (Lipinski definition) is 1. The van der Waals surface area contributed by atoms with Crippen LogP contribution in [0.25, 0.3) is 0 Å². The van der Waals surface area contributed by atoms with Crippen molar-refractivity contribution in [1.29, 1.82) is 0 Å². The highest BCUT2D eigenvalue weighted by atomic mass is 16.6. The van der Waals surface area contributed by atoms with Crippen molar-refractivity contribution in [2.75, 3.05) is 6.54 Å². The second-order valence-corrected chi connectivity index (χ2v) is 8.91. The number of carbonyl (C=O) groups is 2. The lowest BCUT2D eigenvalue weighted by Crippen LogP contribution is -2.53. The quantitative estimate of drug-likeness (QED) is 0.848. The van der Waals surface area contributed by atoms with E-state index in [0.717, 1.165) is 32.2 Å². The molecule has 0 aromatic heterocycles. The number of carbonyl (C=O) groups excluding carboxylic acids is 2. The van der Waals surface area contributed by atoms with E-state index in [-0.39, 0.29) is 35.4 Å². The normalized spacial score (nSPS) is 29.0. The standard InChI is InChI=1S/C18H32N2O3/c1-17(2,3)14-10-9-13(15(21)12-8-7-11-19-12)20(14)16(22)23-18(4,5)6/h12-14,19H,7-11H2,1-6H3/t12-,13-,14?/m0/s1.